The molecule has 0 saturated carbocycles. The largest absolute Gasteiger partial charge is 0.507 e. The number of hydrogen-bond donors (Lipinski definition) is 1. The van der Waals surface area contributed by atoms with Crippen LogP contribution in [-0.2, 0) is 0 Å². The van der Waals surface area contributed by atoms with Gasteiger partial charge < -0.3 is 9.52 Å². The molecule has 0 aliphatic rings. The minimum atomic E-state index is 0.178. The molecular weight excluding hydrogens is 214 g/mol. The molecule has 2 aromatic carbocycles. The Morgan fingerprint density at radius 2 is 1.88 bits per heavy atom. The summed E-state index contributed by atoms with van der Waals surface area (Å²) < 4.78 is 5.64. The van der Waals surface area contributed by atoms with E-state index in [1.807, 2.05) is 31.2 Å². The van der Waals surface area contributed by atoms with Crippen LogP contribution < -0.4 is 0 Å². The molecule has 84 valence electrons. The summed E-state index contributed by atoms with van der Waals surface area (Å²) in [6, 6.07) is 12.8. The molecule has 0 saturated heterocycles. The molecule has 0 amide bonds. The molecule has 3 heteroatoms. The monoisotopic (exact) mass is 225 g/mol. The van der Waals surface area contributed by atoms with Gasteiger partial charge in [-0.25, -0.2) is 4.98 Å². The van der Waals surface area contributed by atoms with Crippen molar-refractivity contribution in [1.82, 2.24) is 4.98 Å². The molecule has 1 aromatic heterocycles. The van der Waals surface area contributed by atoms with Gasteiger partial charge in [0.1, 0.15) is 11.3 Å². The minimum Gasteiger partial charge on any atom is -0.507 e. The minimum absolute atomic E-state index is 0.178. The number of hydrogen-bond acceptors (Lipinski definition) is 3. The molecule has 0 radical (unpaired) electrons. The van der Waals surface area contributed by atoms with Gasteiger partial charge in [-0.1, -0.05) is 24.3 Å². The van der Waals surface area contributed by atoms with E-state index in [1.165, 1.54) is 0 Å². The molecule has 0 aliphatic heterocycles. The van der Waals surface area contributed by atoms with E-state index in [2.05, 4.69) is 4.98 Å². The fourth-order valence-corrected chi connectivity index (χ4v) is 1.86. The van der Waals surface area contributed by atoms with Gasteiger partial charge in [0.25, 0.3) is 0 Å². The van der Waals surface area contributed by atoms with Crippen molar-refractivity contribution in [3.8, 4) is 17.2 Å². The predicted molar refractivity (Wildman–Crippen MR) is 65.8 cm³/mol. The highest BCUT2D eigenvalue weighted by Crippen LogP contribution is 2.31. The van der Waals surface area contributed by atoms with Crippen LogP contribution in [0, 0.1) is 6.92 Å². The molecule has 1 N–H and O–H groups in total. The predicted octanol–water partition coefficient (Wildman–Crippen LogP) is 3.51. The third-order valence-corrected chi connectivity index (χ3v) is 2.76. The van der Waals surface area contributed by atoms with E-state index in [9.17, 15) is 5.11 Å². The van der Waals surface area contributed by atoms with E-state index >= 15 is 0 Å². The summed E-state index contributed by atoms with van der Waals surface area (Å²) in [5.74, 6) is 0.629. The number of oxazole rings is 1. The van der Waals surface area contributed by atoms with Crippen LogP contribution in [-0.4, -0.2) is 10.1 Å². The number of nitrogens with zero attached hydrogens (tertiary/aromatic N) is 1. The second-order valence-electron chi connectivity index (χ2n) is 3.96. The van der Waals surface area contributed by atoms with Crippen molar-refractivity contribution >= 4 is 11.1 Å². The molecule has 3 aromatic rings. The number of aromatic hydroxyl groups is 1. The zero-order chi connectivity index (χ0) is 11.8. The Morgan fingerprint density at radius 1 is 1.06 bits per heavy atom. The Bertz CT molecular complexity index is 686. The zero-order valence-corrected chi connectivity index (χ0v) is 9.34. The molecule has 3 nitrogen and oxygen atoms in total. The van der Waals surface area contributed by atoms with Gasteiger partial charge in [0, 0.05) is 0 Å². The smallest absolute Gasteiger partial charge is 0.231 e. The average molecular weight is 225 g/mol. The Balaban J connectivity index is 2.26. The molecule has 0 fully saturated rings. The van der Waals surface area contributed by atoms with Crippen molar-refractivity contribution in [1.29, 1.82) is 0 Å². The normalized spacial score (nSPS) is 10.9. The van der Waals surface area contributed by atoms with Crippen LogP contribution in [0.25, 0.3) is 22.6 Å². The van der Waals surface area contributed by atoms with E-state index in [1.54, 1.807) is 18.2 Å². The Kier molecular flexibility index (Phi) is 2.11. The quantitative estimate of drug-likeness (QED) is 0.689. The fraction of sp³-hybridized carbons (Fsp3) is 0.0714. The average Bonchev–Trinajstić information content (AvgIpc) is 2.75. The van der Waals surface area contributed by atoms with E-state index in [0.717, 1.165) is 16.7 Å². The number of para-hydroxylation sites is 2. The second-order valence-corrected chi connectivity index (χ2v) is 3.96. The number of phenolic OH excluding ortho intramolecular Hbond substituents is 1. The number of phenols is 1. The lowest BCUT2D eigenvalue weighted by Crippen LogP contribution is -1.78. The van der Waals surface area contributed by atoms with Crippen LogP contribution in [0.3, 0.4) is 0 Å². The van der Waals surface area contributed by atoms with Gasteiger partial charge in [-0.15, -0.1) is 0 Å². The lowest BCUT2D eigenvalue weighted by molar-refractivity contribution is 0.474. The lowest BCUT2D eigenvalue weighted by atomic mass is 10.2. The van der Waals surface area contributed by atoms with E-state index in [-0.39, 0.29) is 5.75 Å². The van der Waals surface area contributed by atoms with Crippen LogP contribution >= 0.6 is 0 Å². The van der Waals surface area contributed by atoms with Crippen LogP contribution in [0.1, 0.15) is 5.56 Å². The first-order valence-electron chi connectivity index (χ1n) is 5.40. The van der Waals surface area contributed by atoms with E-state index < -0.39 is 0 Å². The highest BCUT2D eigenvalue weighted by Gasteiger charge is 2.12. The van der Waals surface area contributed by atoms with Crippen LogP contribution in [0.2, 0.25) is 0 Å². The lowest BCUT2D eigenvalue weighted by Gasteiger charge is -1.97. The zero-order valence-electron chi connectivity index (χ0n) is 9.34. The van der Waals surface area contributed by atoms with Gasteiger partial charge in [0.2, 0.25) is 5.89 Å². The summed E-state index contributed by atoms with van der Waals surface area (Å²) in [4.78, 5) is 4.42. The maximum Gasteiger partial charge on any atom is 0.231 e. The van der Waals surface area contributed by atoms with Gasteiger partial charge in [-0.2, -0.15) is 0 Å². The summed E-state index contributed by atoms with van der Waals surface area (Å²) in [5.41, 5.74) is 3.25. The van der Waals surface area contributed by atoms with Crippen LogP contribution in [0.15, 0.2) is 46.9 Å². The number of aromatic nitrogens is 1. The van der Waals surface area contributed by atoms with Gasteiger partial charge in [-0.05, 0) is 30.7 Å². The third-order valence-electron chi connectivity index (χ3n) is 2.76. The first-order valence-corrected chi connectivity index (χ1v) is 5.40. The number of rotatable bonds is 1. The van der Waals surface area contributed by atoms with Crippen LogP contribution in [0.5, 0.6) is 5.75 Å². The highest BCUT2D eigenvalue weighted by molar-refractivity contribution is 5.80. The summed E-state index contributed by atoms with van der Waals surface area (Å²) >= 11 is 0. The van der Waals surface area contributed by atoms with Crippen molar-refractivity contribution in [3.63, 3.8) is 0 Å². The molecule has 17 heavy (non-hydrogen) atoms. The SMILES string of the molecule is Cc1cccc2oc(-c3ccccc3O)nc12. The van der Waals surface area contributed by atoms with Gasteiger partial charge in [0.15, 0.2) is 5.58 Å². The first-order chi connectivity index (χ1) is 8.25. The van der Waals surface area contributed by atoms with E-state index in [4.69, 9.17) is 4.42 Å². The van der Waals surface area contributed by atoms with E-state index in [0.29, 0.717) is 11.5 Å². The molecule has 1 heterocycles. The van der Waals surface area contributed by atoms with Gasteiger partial charge in [-0.3, -0.25) is 0 Å². The first kappa shape index (κ1) is 9.90. The van der Waals surface area contributed by atoms with Crippen molar-refractivity contribution in [2.24, 2.45) is 0 Å². The molecule has 0 bridgehead atoms. The molecular formula is C14H11NO2. The fourth-order valence-electron chi connectivity index (χ4n) is 1.86. The summed E-state index contributed by atoms with van der Waals surface area (Å²) in [7, 11) is 0. The third kappa shape index (κ3) is 1.56. The molecule has 3 rings (SSSR count). The number of aryl methyl sites for hydroxylation is 1. The Morgan fingerprint density at radius 3 is 2.65 bits per heavy atom. The second kappa shape index (κ2) is 3.63. The Hall–Kier alpha value is -2.29. The molecule has 0 unspecified atom stereocenters. The van der Waals surface area contributed by atoms with Crippen molar-refractivity contribution in [3.05, 3.63) is 48.0 Å². The van der Waals surface area contributed by atoms with Gasteiger partial charge in [0.05, 0.1) is 5.56 Å². The number of fused-ring (bicyclic) bond motifs is 1. The maximum absolute atomic E-state index is 9.76. The topological polar surface area (TPSA) is 46.3 Å². The van der Waals surface area contributed by atoms with Crippen molar-refractivity contribution in [2.45, 2.75) is 6.92 Å². The maximum atomic E-state index is 9.76. The van der Waals surface area contributed by atoms with Crippen LogP contribution in [0.4, 0.5) is 0 Å². The van der Waals surface area contributed by atoms with Crippen molar-refractivity contribution < 1.29 is 9.52 Å². The molecule has 0 aliphatic carbocycles. The standard InChI is InChI=1S/C14H11NO2/c1-9-5-4-8-12-13(9)15-14(17-12)10-6-2-3-7-11(10)16/h2-8,16H,1H3. The molecule has 0 atom stereocenters. The summed E-state index contributed by atoms with van der Waals surface area (Å²) in [6.45, 7) is 1.99. The highest BCUT2D eigenvalue weighted by atomic mass is 16.3. The molecule has 0 spiro atoms. The Labute approximate surface area is 98.3 Å². The number of benzene rings is 2. The van der Waals surface area contributed by atoms with Crippen molar-refractivity contribution in [2.75, 3.05) is 0 Å². The summed E-state index contributed by atoms with van der Waals surface area (Å²) in [5, 5.41) is 9.76. The van der Waals surface area contributed by atoms with Gasteiger partial charge >= 0.3 is 0 Å². The summed E-state index contributed by atoms with van der Waals surface area (Å²) in [6.07, 6.45) is 0.